The number of carbonyl (C=O) groups excluding carboxylic acids is 1. The summed E-state index contributed by atoms with van der Waals surface area (Å²) in [5.41, 5.74) is 0.543. The quantitative estimate of drug-likeness (QED) is 0.608. The molecule has 0 aromatic carbocycles. The summed E-state index contributed by atoms with van der Waals surface area (Å²) in [6.07, 6.45) is 6.47. The molecule has 13 heavy (non-hydrogen) atoms. The number of rotatable bonds is 0. The molecule has 2 nitrogen and oxygen atoms in total. The zero-order chi connectivity index (χ0) is 9.42. The van der Waals surface area contributed by atoms with Crippen LogP contribution in [0.1, 0.15) is 0 Å². The van der Waals surface area contributed by atoms with Gasteiger partial charge < -0.3 is 0 Å². The van der Waals surface area contributed by atoms with Crippen LogP contribution in [0.3, 0.4) is 0 Å². The van der Waals surface area contributed by atoms with Crippen molar-refractivity contribution in [3.63, 3.8) is 0 Å². The van der Waals surface area contributed by atoms with Crippen LogP contribution in [0.5, 0.6) is 0 Å². The van der Waals surface area contributed by atoms with Crippen molar-refractivity contribution >= 4 is 34.8 Å². The number of allylic oxidation sites excluding steroid dienone is 5. The Bertz CT molecular complexity index is 390. The Labute approximate surface area is 85.2 Å². The second kappa shape index (κ2) is 3.13. The third-order valence-corrected chi connectivity index (χ3v) is 2.57. The highest BCUT2D eigenvalue weighted by Crippen LogP contribution is 2.30. The van der Waals surface area contributed by atoms with Crippen LogP contribution in [0.4, 0.5) is 0 Å². The Morgan fingerprint density at radius 1 is 1.31 bits per heavy atom. The fourth-order valence-corrected chi connectivity index (χ4v) is 1.72. The van der Waals surface area contributed by atoms with Gasteiger partial charge in [0.15, 0.2) is 0 Å². The Morgan fingerprint density at radius 2 is 2.08 bits per heavy atom. The molecule has 1 amide bonds. The smallest absolute Gasteiger partial charge is 0.267 e. The van der Waals surface area contributed by atoms with Crippen molar-refractivity contribution in [3.05, 3.63) is 34.4 Å². The van der Waals surface area contributed by atoms with Gasteiger partial charge in [0.05, 0.1) is 16.7 Å². The molecule has 0 bridgehead atoms. The van der Waals surface area contributed by atoms with E-state index in [0.29, 0.717) is 15.8 Å². The molecule has 0 radical (unpaired) electrons. The van der Waals surface area contributed by atoms with E-state index in [9.17, 15) is 4.79 Å². The maximum Gasteiger partial charge on any atom is 0.269 e. The summed E-state index contributed by atoms with van der Waals surface area (Å²) < 4.78 is 0. The zero-order valence-electron chi connectivity index (χ0n) is 6.50. The van der Waals surface area contributed by atoms with Crippen LogP contribution >= 0.6 is 23.2 Å². The van der Waals surface area contributed by atoms with Crippen molar-refractivity contribution in [2.45, 2.75) is 0 Å². The number of aliphatic imine (C=N–C) groups is 1. The van der Waals surface area contributed by atoms with E-state index in [1.165, 1.54) is 6.08 Å². The first-order chi connectivity index (χ1) is 6.18. The molecule has 0 N–H and O–H groups in total. The van der Waals surface area contributed by atoms with Crippen molar-refractivity contribution in [1.29, 1.82) is 0 Å². The van der Waals surface area contributed by atoms with Gasteiger partial charge in [-0.25, -0.2) is 4.99 Å². The lowest BCUT2D eigenvalue weighted by Crippen LogP contribution is -2.20. The van der Waals surface area contributed by atoms with Gasteiger partial charge in [-0.05, 0) is 12.2 Å². The van der Waals surface area contributed by atoms with Gasteiger partial charge in [-0.15, -0.1) is 0 Å². The van der Waals surface area contributed by atoms with Crippen LogP contribution in [0.2, 0.25) is 0 Å². The first-order valence-electron chi connectivity index (χ1n) is 3.72. The molecule has 0 aromatic heterocycles. The molecule has 0 saturated heterocycles. The molecule has 1 atom stereocenters. The van der Waals surface area contributed by atoms with Gasteiger partial charge in [0.1, 0.15) is 0 Å². The van der Waals surface area contributed by atoms with E-state index in [2.05, 4.69) is 4.99 Å². The third-order valence-electron chi connectivity index (χ3n) is 1.89. The molecular weight excluding hydrogens is 209 g/mol. The molecule has 2 aliphatic rings. The monoisotopic (exact) mass is 213 g/mol. The van der Waals surface area contributed by atoms with Gasteiger partial charge in [-0.3, -0.25) is 4.79 Å². The molecular formula is C9H5Cl2NO. The lowest BCUT2D eigenvalue weighted by atomic mass is 9.95. The van der Waals surface area contributed by atoms with Gasteiger partial charge >= 0.3 is 0 Å². The topological polar surface area (TPSA) is 29.4 Å². The van der Waals surface area contributed by atoms with Crippen molar-refractivity contribution < 1.29 is 4.79 Å². The largest absolute Gasteiger partial charge is 0.269 e. The number of dihydropyridines is 1. The second-order valence-electron chi connectivity index (χ2n) is 2.74. The number of nitrogens with zero attached hydrogens (tertiary/aromatic N) is 1. The number of halogens is 2. The average molecular weight is 214 g/mol. The van der Waals surface area contributed by atoms with Gasteiger partial charge in [0.2, 0.25) is 0 Å². The Balaban J connectivity index is 2.49. The lowest BCUT2D eigenvalue weighted by Gasteiger charge is -2.19. The van der Waals surface area contributed by atoms with E-state index in [1.54, 1.807) is 18.2 Å². The standard InChI is InChI=1S/C9H5Cl2NO/c10-6-2-3-7(11)9-5(6)1-4-8(13)12-9/h1-5H. The molecule has 2 rings (SSSR count). The van der Waals surface area contributed by atoms with E-state index in [1.807, 2.05) is 0 Å². The van der Waals surface area contributed by atoms with Gasteiger partial charge in [-0.2, -0.15) is 0 Å². The fraction of sp³-hybridized carbons (Fsp3) is 0.111. The SMILES string of the molecule is O=C1C=CC2C(Cl)=CC=C(Cl)C2=N1. The van der Waals surface area contributed by atoms with Gasteiger partial charge in [-0.1, -0.05) is 29.3 Å². The van der Waals surface area contributed by atoms with E-state index in [4.69, 9.17) is 23.2 Å². The van der Waals surface area contributed by atoms with Crippen molar-refractivity contribution in [3.8, 4) is 0 Å². The van der Waals surface area contributed by atoms with Crippen molar-refractivity contribution in [2.75, 3.05) is 0 Å². The normalized spacial score (nSPS) is 26.2. The molecule has 0 spiro atoms. The molecule has 0 fully saturated rings. The van der Waals surface area contributed by atoms with Crippen LogP contribution in [-0.4, -0.2) is 11.6 Å². The highest BCUT2D eigenvalue weighted by molar-refractivity contribution is 6.47. The lowest BCUT2D eigenvalue weighted by molar-refractivity contribution is -0.113. The Hall–Kier alpha value is -0.860. The summed E-state index contributed by atoms with van der Waals surface area (Å²) >= 11 is 11.8. The third kappa shape index (κ3) is 1.47. The van der Waals surface area contributed by atoms with E-state index < -0.39 is 0 Å². The predicted octanol–water partition coefficient (Wildman–Crippen LogP) is 2.40. The first-order valence-corrected chi connectivity index (χ1v) is 4.48. The minimum absolute atomic E-state index is 0.142. The van der Waals surface area contributed by atoms with Crippen LogP contribution < -0.4 is 0 Å². The summed E-state index contributed by atoms with van der Waals surface area (Å²) in [7, 11) is 0. The van der Waals surface area contributed by atoms with E-state index >= 15 is 0 Å². The van der Waals surface area contributed by atoms with Crippen molar-refractivity contribution in [1.82, 2.24) is 0 Å². The minimum Gasteiger partial charge on any atom is -0.267 e. The Kier molecular flexibility index (Phi) is 2.10. The molecule has 0 saturated carbocycles. The summed E-state index contributed by atoms with van der Waals surface area (Å²) in [6.45, 7) is 0. The molecule has 1 aliphatic heterocycles. The highest BCUT2D eigenvalue weighted by atomic mass is 35.5. The van der Waals surface area contributed by atoms with Crippen LogP contribution in [0, 0.1) is 5.92 Å². The van der Waals surface area contributed by atoms with Gasteiger partial charge in [0, 0.05) is 11.1 Å². The predicted molar refractivity (Wildman–Crippen MR) is 52.9 cm³/mol. The van der Waals surface area contributed by atoms with E-state index in [0.717, 1.165) is 0 Å². The molecule has 4 heteroatoms. The maximum absolute atomic E-state index is 10.9. The fourth-order valence-electron chi connectivity index (χ4n) is 1.26. The van der Waals surface area contributed by atoms with Gasteiger partial charge in [0.25, 0.3) is 5.91 Å². The number of fused-ring (bicyclic) bond motifs is 1. The summed E-state index contributed by atoms with van der Waals surface area (Å²) in [5, 5.41) is 1.11. The summed E-state index contributed by atoms with van der Waals surface area (Å²) in [6, 6.07) is 0. The molecule has 1 unspecified atom stereocenters. The van der Waals surface area contributed by atoms with Crippen molar-refractivity contribution in [2.24, 2.45) is 10.9 Å². The van der Waals surface area contributed by atoms with E-state index in [-0.39, 0.29) is 11.8 Å². The molecule has 1 heterocycles. The summed E-state index contributed by atoms with van der Waals surface area (Å²) in [4.78, 5) is 14.7. The molecule has 0 aromatic rings. The number of hydrogen-bond acceptors (Lipinski definition) is 1. The zero-order valence-corrected chi connectivity index (χ0v) is 8.01. The van der Waals surface area contributed by atoms with Crippen LogP contribution in [0.25, 0.3) is 0 Å². The minimum atomic E-state index is -0.288. The van der Waals surface area contributed by atoms with Crippen LogP contribution in [0.15, 0.2) is 39.4 Å². The molecule has 66 valence electrons. The van der Waals surface area contributed by atoms with Crippen LogP contribution in [-0.2, 0) is 4.79 Å². The maximum atomic E-state index is 10.9. The highest BCUT2D eigenvalue weighted by Gasteiger charge is 2.25. The number of carbonyl (C=O) groups is 1. The summed E-state index contributed by atoms with van der Waals surface area (Å²) in [5.74, 6) is -0.430. The number of amides is 1. The average Bonchev–Trinajstić information content (AvgIpc) is 2.12. The first kappa shape index (κ1) is 8.73. The number of hydrogen-bond donors (Lipinski definition) is 0. The molecule has 1 aliphatic carbocycles. The Morgan fingerprint density at radius 3 is 2.85 bits per heavy atom. The second-order valence-corrected chi connectivity index (χ2v) is 3.58.